The zero-order chi connectivity index (χ0) is 10.0. The highest BCUT2D eigenvalue weighted by atomic mass is 35.5. The smallest absolute Gasteiger partial charge is 0.154 e. The second-order valence-corrected chi connectivity index (χ2v) is 4.74. The standard InChI is InChI=1S/C8H7Cl3OS/c1-2-13-5-3-4(9)8(12)7(11)6(5)10/h3,12H,2H2,1H3. The minimum absolute atomic E-state index is 0.116. The van der Waals surface area contributed by atoms with Crippen molar-refractivity contribution in [3.63, 3.8) is 0 Å². The van der Waals surface area contributed by atoms with E-state index in [1.807, 2.05) is 6.92 Å². The number of hydrogen-bond acceptors (Lipinski definition) is 2. The molecule has 0 saturated heterocycles. The van der Waals surface area contributed by atoms with Crippen LogP contribution in [0.15, 0.2) is 11.0 Å². The lowest BCUT2D eigenvalue weighted by Crippen LogP contribution is -1.80. The van der Waals surface area contributed by atoms with Crippen molar-refractivity contribution in [2.45, 2.75) is 11.8 Å². The third kappa shape index (κ3) is 2.38. The van der Waals surface area contributed by atoms with Gasteiger partial charge in [0.1, 0.15) is 5.02 Å². The molecule has 0 unspecified atom stereocenters. The van der Waals surface area contributed by atoms with Gasteiger partial charge < -0.3 is 5.11 Å². The number of phenolic OH excluding ortho intramolecular Hbond substituents is 1. The molecule has 1 aromatic carbocycles. The maximum atomic E-state index is 9.32. The first-order valence-electron chi connectivity index (χ1n) is 3.57. The highest BCUT2D eigenvalue weighted by Crippen LogP contribution is 2.43. The van der Waals surface area contributed by atoms with Gasteiger partial charge in [0.25, 0.3) is 0 Å². The fourth-order valence-electron chi connectivity index (χ4n) is 0.824. The molecule has 72 valence electrons. The summed E-state index contributed by atoms with van der Waals surface area (Å²) in [6.07, 6.45) is 0. The third-order valence-electron chi connectivity index (χ3n) is 1.40. The Labute approximate surface area is 96.0 Å². The fourth-order valence-corrected chi connectivity index (χ4v) is 2.45. The van der Waals surface area contributed by atoms with E-state index < -0.39 is 0 Å². The molecule has 1 N–H and O–H groups in total. The van der Waals surface area contributed by atoms with Crippen LogP contribution in [0.4, 0.5) is 0 Å². The maximum absolute atomic E-state index is 9.32. The Morgan fingerprint density at radius 2 is 1.92 bits per heavy atom. The summed E-state index contributed by atoms with van der Waals surface area (Å²) >= 11 is 18.9. The molecular weight excluding hydrogens is 251 g/mol. The monoisotopic (exact) mass is 256 g/mol. The molecule has 0 spiro atoms. The molecule has 1 aromatic rings. The Bertz CT molecular complexity index is 328. The molecule has 0 fully saturated rings. The molecule has 0 aliphatic carbocycles. The minimum Gasteiger partial charge on any atom is -0.505 e. The van der Waals surface area contributed by atoms with Crippen molar-refractivity contribution in [2.75, 3.05) is 5.75 Å². The first-order chi connectivity index (χ1) is 6.07. The highest BCUT2D eigenvalue weighted by molar-refractivity contribution is 7.99. The Hall–Kier alpha value is 0.240. The Kier molecular flexibility index (Phi) is 4.05. The summed E-state index contributed by atoms with van der Waals surface area (Å²) in [6, 6.07) is 1.61. The lowest BCUT2D eigenvalue weighted by atomic mass is 10.3. The molecule has 0 aromatic heterocycles. The van der Waals surface area contributed by atoms with E-state index in [2.05, 4.69) is 0 Å². The van der Waals surface area contributed by atoms with Gasteiger partial charge in [-0.1, -0.05) is 41.7 Å². The average molecular weight is 258 g/mol. The fraction of sp³-hybridized carbons (Fsp3) is 0.250. The number of aromatic hydroxyl groups is 1. The second-order valence-electron chi connectivity index (χ2n) is 2.27. The first kappa shape index (κ1) is 11.3. The van der Waals surface area contributed by atoms with Crippen molar-refractivity contribution in [2.24, 2.45) is 0 Å². The zero-order valence-electron chi connectivity index (χ0n) is 6.77. The molecule has 0 aliphatic heterocycles. The minimum atomic E-state index is -0.159. The van der Waals surface area contributed by atoms with Crippen LogP contribution in [0.1, 0.15) is 6.92 Å². The Morgan fingerprint density at radius 3 is 2.46 bits per heavy atom. The summed E-state index contributed by atoms with van der Waals surface area (Å²) in [5.74, 6) is 0.714. The van der Waals surface area contributed by atoms with Crippen LogP contribution in [-0.4, -0.2) is 10.9 Å². The van der Waals surface area contributed by atoms with Crippen LogP contribution in [0.2, 0.25) is 15.1 Å². The van der Waals surface area contributed by atoms with Crippen molar-refractivity contribution in [1.29, 1.82) is 0 Å². The van der Waals surface area contributed by atoms with Gasteiger partial charge in [0, 0.05) is 4.90 Å². The molecule has 0 radical (unpaired) electrons. The summed E-state index contributed by atoms with van der Waals surface area (Å²) in [6.45, 7) is 2.00. The Balaban J connectivity index is 3.24. The van der Waals surface area contributed by atoms with E-state index in [4.69, 9.17) is 34.8 Å². The lowest BCUT2D eigenvalue weighted by molar-refractivity contribution is 0.475. The van der Waals surface area contributed by atoms with Gasteiger partial charge in [-0.15, -0.1) is 11.8 Å². The number of hydrogen-bond donors (Lipinski definition) is 1. The van der Waals surface area contributed by atoms with Crippen molar-refractivity contribution in [3.8, 4) is 5.75 Å². The summed E-state index contributed by atoms with van der Waals surface area (Å²) < 4.78 is 0. The predicted molar refractivity (Wildman–Crippen MR) is 59.5 cm³/mol. The number of phenols is 1. The maximum Gasteiger partial charge on any atom is 0.154 e. The quantitative estimate of drug-likeness (QED) is 0.623. The number of rotatable bonds is 2. The van der Waals surface area contributed by atoms with Gasteiger partial charge in [-0.3, -0.25) is 0 Å². The van der Waals surface area contributed by atoms with Gasteiger partial charge in [-0.2, -0.15) is 0 Å². The third-order valence-corrected chi connectivity index (χ3v) is 3.58. The van der Waals surface area contributed by atoms with Crippen molar-refractivity contribution >= 4 is 46.6 Å². The highest BCUT2D eigenvalue weighted by Gasteiger charge is 2.13. The molecule has 0 saturated carbocycles. The van der Waals surface area contributed by atoms with E-state index in [9.17, 15) is 5.11 Å². The zero-order valence-corrected chi connectivity index (χ0v) is 9.86. The van der Waals surface area contributed by atoms with Crippen molar-refractivity contribution in [1.82, 2.24) is 0 Å². The van der Waals surface area contributed by atoms with E-state index in [0.29, 0.717) is 5.02 Å². The van der Waals surface area contributed by atoms with Crippen LogP contribution in [0, 0.1) is 0 Å². The van der Waals surface area contributed by atoms with Crippen LogP contribution >= 0.6 is 46.6 Å². The second kappa shape index (κ2) is 4.65. The molecule has 0 amide bonds. The van der Waals surface area contributed by atoms with Gasteiger partial charge in [-0.25, -0.2) is 0 Å². The van der Waals surface area contributed by atoms with Crippen LogP contribution in [0.25, 0.3) is 0 Å². The van der Waals surface area contributed by atoms with Gasteiger partial charge in [0.2, 0.25) is 0 Å². The molecule has 1 nitrogen and oxygen atoms in total. The normalized spacial score (nSPS) is 10.5. The SMILES string of the molecule is CCSc1cc(Cl)c(O)c(Cl)c1Cl. The number of halogens is 3. The molecule has 0 heterocycles. The average Bonchev–Trinajstić information content (AvgIpc) is 2.11. The van der Waals surface area contributed by atoms with Crippen molar-refractivity contribution in [3.05, 3.63) is 21.1 Å². The molecule has 1 rings (SSSR count). The van der Waals surface area contributed by atoms with E-state index in [1.54, 1.807) is 6.07 Å². The van der Waals surface area contributed by atoms with Crippen LogP contribution in [-0.2, 0) is 0 Å². The lowest BCUT2D eigenvalue weighted by Gasteiger charge is -2.07. The molecular formula is C8H7Cl3OS. The summed E-state index contributed by atoms with van der Waals surface area (Å²) in [5.41, 5.74) is 0. The van der Waals surface area contributed by atoms with Crippen LogP contribution in [0.3, 0.4) is 0 Å². The van der Waals surface area contributed by atoms with Crippen molar-refractivity contribution < 1.29 is 5.11 Å². The summed E-state index contributed by atoms with van der Waals surface area (Å²) in [5, 5.41) is 10.0. The summed E-state index contributed by atoms with van der Waals surface area (Å²) in [7, 11) is 0. The van der Waals surface area contributed by atoms with Gasteiger partial charge in [-0.05, 0) is 11.8 Å². The molecule has 0 atom stereocenters. The number of benzene rings is 1. The van der Waals surface area contributed by atoms with E-state index >= 15 is 0 Å². The predicted octanol–water partition coefficient (Wildman–Crippen LogP) is 4.46. The molecule has 0 bridgehead atoms. The van der Waals surface area contributed by atoms with E-state index in [1.165, 1.54) is 11.8 Å². The topological polar surface area (TPSA) is 20.2 Å². The van der Waals surface area contributed by atoms with E-state index in [-0.39, 0.29) is 15.8 Å². The van der Waals surface area contributed by atoms with Gasteiger partial charge in [0.05, 0.1) is 10.0 Å². The van der Waals surface area contributed by atoms with Crippen LogP contribution < -0.4 is 0 Å². The van der Waals surface area contributed by atoms with Crippen LogP contribution in [0.5, 0.6) is 5.75 Å². The number of thioether (sulfide) groups is 1. The largest absolute Gasteiger partial charge is 0.505 e. The first-order valence-corrected chi connectivity index (χ1v) is 5.69. The molecule has 0 aliphatic rings. The molecule has 13 heavy (non-hydrogen) atoms. The summed E-state index contributed by atoms with van der Waals surface area (Å²) in [4.78, 5) is 0.789. The van der Waals surface area contributed by atoms with Gasteiger partial charge in [0.15, 0.2) is 5.75 Å². The Morgan fingerprint density at radius 1 is 1.31 bits per heavy atom. The molecule has 5 heteroatoms. The van der Waals surface area contributed by atoms with E-state index in [0.717, 1.165) is 10.6 Å². The van der Waals surface area contributed by atoms with Gasteiger partial charge >= 0.3 is 0 Å².